The summed E-state index contributed by atoms with van der Waals surface area (Å²) in [4.78, 5) is 12.0. The Balaban J connectivity index is 2.03. The number of aryl methyl sites for hydroxylation is 2. The molecule has 0 saturated heterocycles. The molecule has 0 bridgehead atoms. The van der Waals surface area contributed by atoms with E-state index in [2.05, 4.69) is 33.8 Å². The van der Waals surface area contributed by atoms with Crippen molar-refractivity contribution in [1.29, 1.82) is 0 Å². The van der Waals surface area contributed by atoms with Gasteiger partial charge < -0.3 is 5.32 Å². The van der Waals surface area contributed by atoms with Gasteiger partial charge in [-0.2, -0.15) is 4.68 Å². The molecule has 0 aliphatic carbocycles. The second kappa shape index (κ2) is 8.10. The summed E-state index contributed by atoms with van der Waals surface area (Å²) >= 11 is 1.34. The van der Waals surface area contributed by atoms with E-state index in [9.17, 15) is 4.79 Å². The topological polar surface area (TPSA) is 72.7 Å². The van der Waals surface area contributed by atoms with E-state index in [0.717, 1.165) is 24.1 Å². The number of carbonyl (C=O) groups is 1. The molecule has 1 heterocycles. The quantitative estimate of drug-likeness (QED) is 0.789. The number of hydrogen-bond donors (Lipinski definition) is 1. The van der Waals surface area contributed by atoms with Gasteiger partial charge in [0.1, 0.15) is 0 Å². The summed E-state index contributed by atoms with van der Waals surface area (Å²) in [5, 5.41) is 15.4. The van der Waals surface area contributed by atoms with E-state index in [-0.39, 0.29) is 11.9 Å². The first-order valence-electron chi connectivity index (χ1n) is 7.79. The third-order valence-corrected chi connectivity index (χ3v) is 4.40. The normalized spacial score (nSPS) is 12.2. The number of nitrogens with zero attached hydrogens (tertiary/aromatic N) is 4. The predicted octanol–water partition coefficient (Wildman–Crippen LogP) is 2.68. The number of amides is 1. The molecule has 23 heavy (non-hydrogen) atoms. The Morgan fingerprint density at radius 1 is 1.39 bits per heavy atom. The van der Waals surface area contributed by atoms with Crippen molar-refractivity contribution < 1.29 is 4.79 Å². The van der Waals surface area contributed by atoms with Crippen LogP contribution in [0.3, 0.4) is 0 Å². The van der Waals surface area contributed by atoms with E-state index in [1.807, 2.05) is 32.9 Å². The van der Waals surface area contributed by atoms with E-state index in [1.165, 1.54) is 17.3 Å². The van der Waals surface area contributed by atoms with Gasteiger partial charge in [-0.15, -0.1) is 5.10 Å². The smallest absolute Gasteiger partial charge is 0.230 e. The molecule has 0 saturated carbocycles. The summed E-state index contributed by atoms with van der Waals surface area (Å²) in [5.74, 6) is 0.311. The molecule has 1 aromatic carbocycles. The van der Waals surface area contributed by atoms with Gasteiger partial charge in [-0.1, -0.05) is 42.8 Å². The monoisotopic (exact) mass is 333 g/mol. The van der Waals surface area contributed by atoms with Crippen LogP contribution in [0.4, 0.5) is 0 Å². The lowest BCUT2D eigenvalue weighted by molar-refractivity contribution is -0.119. The SMILES string of the molecule is CCC[C@H](C)NC(=O)CSc1nnnn1-c1ccc(C)cc1C. The van der Waals surface area contributed by atoms with Crippen LogP contribution in [0, 0.1) is 13.8 Å². The number of benzene rings is 1. The number of nitrogens with one attached hydrogen (secondary N) is 1. The lowest BCUT2D eigenvalue weighted by atomic mass is 10.1. The maximum Gasteiger partial charge on any atom is 0.230 e. The first kappa shape index (κ1) is 17.5. The van der Waals surface area contributed by atoms with Gasteiger partial charge >= 0.3 is 0 Å². The molecule has 0 fully saturated rings. The minimum absolute atomic E-state index is 0.00567. The van der Waals surface area contributed by atoms with Gasteiger partial charge in [0, 0.05) is 6.04 Å². The van der Waals surface area contributed by atoms with Gasteiger partial charge in [-0.3, -0.25) is 4.79 Å². The van der Waals surface area contributed by atoms with Crippen LogP contribution in [-0.2, 0) is 4.79 Å². The Kier molecular flexibility index (Phi) is 6.15. The van der Waals surface area contributed by atoms with Crippen molar-refractivity contribution in [3.8, 4) is 5.69 Å². The highest BCUT2D eigenvalue weighted by Gasteiger charge is 2.14. The highest BCUT2D eigenvalue weighted by atomic mass is 32.2. The van der Waals surface area contributed by atoms with Crippen LogP contribution in [0.5, 0.6) is 0 Å². The van der Waals surface area contributed by atoms with Crippen molar-refractivity contribution in [1.82, 2.24) is 25.5 Å². The minimum atomic E-state index is 0.00567. The van der Waals surface area contributed by atoms with E-state index in [0.29, 0.717) is 10.9 Å². The van der Waals surface area contributed by atoms with Crippen molar-refractivity contribution in [2.24, 2.45) is 0 Å². The molecule has 2 rings (SSSR count). The largest absolute Gasteiger partial charge is 0.353 e. The standard InChI is InChI=1S/C16H23N5OS/c1-5-6-13(4)17-15(22)10-23-16-18-19-20-21(16)14-8-7-11(2)9-12(14)3/h7-9,13H,5-6,10H2,1-4H3,(H,17,22)/t13-/m0/s1. The second-order valence-corrected chi connectivity index (χ2v) is 6.65. The molecule has 0 unspecified atom stereocenters. The van der Waals surface area contributed by atoms with E-state index >= 15 is 0 Å². The summed E-state index contributed by atoms with van der Waals surface area (Å²) in [5.41, 5.74) is 3.22. The molecule has 0 radical (unpaired) electrons. The van der Waals surface area contributed by atoms with Crippen molar-refractivity contribution in [2.45, 2.75) is 51.7 Å². The maximum atomic E-state index is 12.0. The molecule has 1 amide bonds. The number of aromatic nitrogens is 4. The first-order chi connectivity index (χ1) is 11.0. The van der Waals surface area contributed by atoms with Gasteiger partial charge in [-0.25, -0.2) is 0 Å². The number of tetrazole rings is 1. The summed E-state index contributed by atoms with van der Waals surface area (Å²) in [6.07, 6.45) is 2.04. The average Bonchev–Trinajstić information content (AvgIpc) is 2.93. The van der Waals surface area contributed by atoms with Gasteiger partial charge in [0.25, 0.3) is 0 Å². The number of hydrogen-bond acceptors (Lipinski definition) is 5. The van der Waals surface area contributed by atoms with Crippen LogP contribution in [0.15, 0.2) is 23.4 Å². The Labute approximate surface area is 141 Å². The average molecular weight is 333 g/mol. The molecule has 7 heteroatoms. The van der Waals surface area contributed by atoms with Crippen molar-refractivity contribution in [3.05, 3.63) is 29.3 Å². The molecule has 0 aliphatic heterocycles. The fourth-order valence-electron chi connectivity index (χ4n) is 2.41. The zero-order valence-corrected chi connectivity index (χ0v) is 14.9. The fraction of sp³-hybridized carbons (Fsp3) is 0.500. The lowest BCUT2D eigenvalue weighted by Gasteiger charge is -2.12. The molecule has 0 spiro atoms. The highest BCUT2D eigenvalue weighted by molar-refractivity contribution is 7.99. The van der Waals surface area contributed by atoms with Crippen LogP contribution >= 0.6 is 11.8 Å². The zero-order valence-electron chi connectivity index (χ0n) is 14.0. The predicted molar refractivity (Wildman–Crippen MR) is 91.9 cm³/mol. The minimum Gasteiger partial charge on any atom is -0.353 e. The summed E-state index contributed by atoms with van der Waals surface area (Å²) in [6, 6.07) is 6.31. The van der Waals surface area contributed by atoms with Crippen LogP contribution in [0.25, 0.3) is 5.69 Å². The molecule has 1 N–H and O–H groups in total. The van der Waals surface area contributed by atoms with Crippen molar-refractivity contribution in [3.63, 3.8) is 0 Å². The fourth-order valence-corrected chi connectivity index (χ4v) is 3.11. The highest BCUT2D eigenvalue weighted by Crippen LogP contribution is 2.21. The lowest BCUT2D eigenvalue weighted by Crippen LogP contribution is -2.33. The molecule has 1 aromatic heterocycles. The third kappa shape index (κ3) is 4.79. The Bertz CT molecular complexity index is 670. The maximum absolute atomic E-state index is 12.0. The van der Waals surface area contributed by atoms with E-state index < -0.39 is 0 Å². The summed E-state index contributed by atoms with van der Waals surface area (Å²) < 4.78 is 1.68. The van der Waals surface area contributed by atoms with Gasteiger partial charge in [0.2, 0.25) is 11.1 Å². The molecule has 1 atom stereocenters. The Morgan fingerprint density at radius 3 is 2.87 bits per heavy atom. The molecule has 0 aliphatic rings. The Hall–Kier alpha value is -1.89. The van der Waals surface area contributed by atoms with Crippen LogP contribution in [0.2, 0.25) is 0 Å². The molecule has 6 nitrogen and oxygen atoms in total. The summed E-state index contributed by atoms with van der Waals surface area (Å²) in [7, 11) is 0. The number of rotatable bonds is 7. The van der Waals surface area contributed by atoms with Gasteiger partial charge in [0.05, 0.1) is 11.4 Å². The summed E-state index contributed by atoms with van der Waals surface area (Å²) in [6.45, 7) is 8.20. The van der Waals surface area contributed by atoms with Gasteiger partial charge in [-0.05, 0) is 49.2 Å². The molecular formula is C16H23N5OS. The first-order valence-corrected chi connectivity index (χ1v) is 8.78. The van der Waals surface area contributed by atoms with E-state index in [1.54, 1.807) is 4.68 Å². The van der Waals surface area contributed by atoms with E-state index in [4.69, 9.17) is 0 Å². The second-order valence-electron chi connectivity index (χ2n) is 5.71. The van der Waals surface area contributed by atoms with Crippen LogP contribution in [0.1, 0.15) is 37.8 Å². The van der Waals surface area contributed by atoms with Crippen LogP contribution < -0.4 is 5.32 Å². The van der Waals surface area contributed by atoms with Gasteiger partial charge in [0.15, 0.2) is 0 Å². The third-order valence-electron chi connectivity index (χ3n) is 3.48. The van der Waals surface area contributed by atoms with Crippen molar-refractivity contribution >= 4 is 17.7 Å². The van der Waals surface area contributed by atoms with Crippen molar-refractivity contribution in [2.75, 3.05) is 5.75 Å². The number of thioether (sulfide) groups is 1. The number of carbonyl (C=O) groups excluding carboxylic acids is 1. The molecule has 124 valence electrons. The van der Waals surface area contributed by atoms with Crippen LogP contribution in [-0.4, -0.2) is 37.9 Å². The Morgan fingerprint density at radius 2 is 2.17 bits per heavy atom. The molecule has 2 aromatic rings. The molecular weight excluding hydrogens is 310 g/mol. The zero-order chi connectivity index (χ0) is 16.8.